The summed E-state index contributed by atoms with van der Waals surface area (Å²) >= 11 is 6.26. The fraction of sp³-hybridized carbons (Fsp3) is 0.333. The number of sulfonamides is 1. The minimum Gasteiger partial charge on any atom is -0.370 e. The van der Waals surface area contributed by atoms with E-state index in [4.69, 9.17) is 11.6 Å². The molecule has 0 unspecified atom stereocenters. The van der Waals surface area contributed by atoms with Crippen LogP contribution in [0.5, 0.6) is 0 Å². The predicted molar refractivity (Wildman–Crippen MR) is 105 cm³/mol. The standard InChI is InChI=1S/C18H19ClFN3O4S/c1-12-10-15(23(24)25)11-17(19)18(12)22-8-6-14(7-9-22)21-28(26,27)16-4-2-13(20)3-5-16/h2-5,10-11,14,21H,6-9H2,1H3. The molecule has 0 aromatic heterocycles. The van der Waals surface area contributed by atoms with Crippen LogP contribution in [-0.2, 0) is 10.0 Å². The summed E-state index contributed by atoms with van der Waals surface area (Å²) in [5, 5.41) is 11.3. The predicted octanol–water partition coefficient (Wildman–Crippen LogP) is 3.64. The zero-order chi connectivity index (χ0) is 20.5. The van der Waals surface area contributed by atoms with Gasteiger partial charge in [-0.3, -0.25) is 10.1 Å². The molecule has 1 heterocycles. The number of nitrogens with one attached hydrogen (secondary N) is 1. The highest BCUT2D eigenvalue weighted by Gasteiger charge is 2.27. The monoisotopic (exact) mass is 427 g/mol. The Morgan fingerprint density at radius 3 is 2.36 bits per heavy atom. The van der Waals surface area contributed by atoms with Crippen molar-refractivity contribution >= 4 is 33.0 Å². The lowest BCUT2D eigenvalue weighted by Gasteiger charge is -2.35. The van der Waals surface area contributed by atoms with Crippen molar-refractivity contribution in [1.29, 1.82) is 0 Å². The zero-order valence-corrected chi connectivity index (χ0v) is 16.6. The molecule has 28 heavy (non-hydrogen) atoms. The highest BCUT2D eigenvalue weighted by Crippen LogP contribution is 2.35. The normalized spacial score (nSPS) is 15.6. The summed E-state index contributed by atoms with van der Waals surface area (Å²) in [4.78, 5) is 12.5. The largest absolute Gasteiger partial charge is 0.370 e. The van der Waals surface area contributed by atoms with Gasteiger partial charge in [-0.1, -0.05) is 11.6 Å². The van der Waals surface area contributed by atoms with Crippen LogP contribution in [0.25, 0.3) is 0 Å². The fourth-order valence-corrected chi connectivity index (χ4v) is 5.03. The van der Waals surface area contributed by atoms with E-state index < -0.39 is 20.8 Å². The van der Waals surface area contributed by atoms with E-state index in [2.05, 4.69) is 4.72 Å². The van der Waals surface area contributed by atoms with Crippen molar-refractivity contribution in [2.45, 2.75) is 30.7 Å². The topological polar surface area (TPSA) is 92.6 Å². The van der Waals surface area contributed by atoms with Crippen LogP contribution in [0.1, 0.15) is 18.4 Å². The Kier molecular flexibility index (Phi) is 5.87. The van der Waals surface area contributed by atoms with Gasteiger partial charge in [0.2, 0.25) is 10.0 Å². The Balaban J connectivity index is 1.68. The van der Waals surface area contributed by atoms with Crippen LogP contribution < -0.4 is 9.62 Å². The molecule has 0 saturated carbocycles. The molecular formula is C18H19ClFN3O4S. The first-order valence-corrected chi connectivity index (χ1v) is 10.5. The molecule has 7 nitrogen and oxygen atoms in total. The maximum Gasteiger partial charge on any atom is 0.271 e. The molecule has 2 aromatic rings. The summed E-state index contributed by atoms with van der Waals surface area (Å²) in [6.45, 7) is 2.86. The van der Waals surface area contributed by atoms with E-state index in [9.17, 15) is 22.9 Å². The fourth-order valence-electron chi connectivity index (χ4n) is 3.35. The highest BCUT2D eigenvalue weighted by molar-refractivity contribution is 7.89. The van der Waals surface area contributed by atoms with Crippen molar-refractivity contribution in [3.05, 3.63) is 62.9 Å². The van der Waals surface area contributed by atoms with Gasteiger partial charge in [0, 0.05) is 31.3 Å². The highest BCUT2D eigenvalue weighted by atomic mass is 35.5. The molecule has 0 atom stereocenters. The Hall–Kier alpha value is -2.23. The van der Waals surface area contributed by atoms with Crippen LogP contribution in [0.2, 0.25) is 5.02 Å². The third-order valence-corrected chi connectivity index (χ3v) is 6.53. The number of aryl methyl sites for hydroxylation is 1. The summed E-state index contributed by atoms with van der Waals surface area (Å²) in [7, 11) is -3.73. The summed E-state index contributed by atoms with van der Waals surface area (Å²) in [6, 6.07) is 7.22. The van der Waals surface area contributed by atoms with Crippen LogP contribution in [0.3, 0.4) is 0 Å². The molecule has 3 rings (SSSR count). The lowest BCUT2D eigenvalue weighted by Crippen LogP contribution is -2.44. The first-order valence-electron chi connectivity index (χ1n) is 8.65. The summed E-state index contributed by atoms with van der Waals surface area (Å²) < 4.78 is 40.5. The van der Waals surface area contributed by atoms with Gasteiger partial charge in [-0.25, -0.2) is 17.5 Å². The average Bonchev–Trinajstić information content (AvgIpc) is 2.62. The van der Waals surface area contributed by atoms with Crippen molar-refractivity contribution in [1.82, 2.24) is 4.72 Å². The molecule has 0 bridgehead atoms. The van der Waals surface area contributed by atoms with E-state index in [1.165, 1.54) is 24.3 Å². The molecule has 1 N–H and O–H groups in total. The Labute approximate surface area is 167 Å². The number of piperidine rings is 1. The van der Waals surface area contributed by atoms with Gasteiger partial charge in [0.1, 0.15) is 5.82 Å². The zero-order valence-electron chi connectivity index (χ0n) is 15.1. The number of anilines is 1. The van der Waals surface area contributed by atoms with Gasteiger partial charge >= 0.3 is 0 Å². The van der Waals surface area contributed by atoms with Gasteiger partial charge in [0.15, 0.2) is 0 Å². The number of benzene rings is 2. The van der Waals surface area contributed by atoms with E-state index in [1.54, 1.807) is 6.92 Å². The van der Waals surface area contributed by atoms with Gasteiger partial charge in [0.05, 0.1) is 20.5 Å². The van der Waals surface area contributed by atoms with Gasteiger partial charge in [-0.05, 0) is 49.6 Å². The van der Waals surface area contributed by atoms with Gasteiger partial charge in [-0.15, -0.1) is 0 Å². The van der Waals surface area contributed by atoms with Crippen LogP contribution in [-0.4, -0.2) is 32.5 Å². The summed E-state index contributed by atoms with van der Waals surface area (Å²) in [5.41, 5.74) is 1.37. The number of nitro benzene ring substituents is 1. The maximum atomic E-state index is 13.0. The quantitative estimate of drug-likeness (QED) is 0.580. The number of halogens is 2. The number of hydrogen-bond donors (Lipinski definition) is 1. The lowest BCUT2D eigenvalue weighted by molar-refractivity contribution is -0.384. The number of rotatable bonds is 5. The van der Waals surface area contributed by atoms with Crippen LogP contribution in [0.4, 0.5) is 15.8 Å². The van der Waals surface area contributed by atoms with Gasteiger partial charge in [-0.2, -0.15) is 0 Å². The lowest BCUT2D eigenvalue weighted by atomic mass is 10.0. The molecule has 0 radical (unpaired) electrons. The molecular weight excluding hydrogens is 409 g/mol. The Morgan fingerprint density at radius 2 is 1.82 bits per heavy atom. The van der Waals surface area contributed by atoms with E-state index in [1.807, 2.05) is 4.90 Å². The Bertz CT molecular complexity index is 967. The van der Waals surface area contributed by atoms with E-state index in [-0.39, 0.29) is 16.6 Å². The molecule has 0 aliphatic carbocycles. The second-order valence-corrected chi connectivity index (χ2v) is 8.81. The second kappa shape index (κ2) is 8.02. The maximum absolute atomic E-state index is 13.0. The number of nitro groups is 1. The van der Waals surface area contributed by atoms with Crippen molar-refractivity contribution in [2.24, 2.45) is 0 Å². The first-order chi connectivity index (χ1) is 13.2. The molecule has 10 heteroatoms. The molecule has 1 aliphatic rings. The minimum atomic E-state index is -3.73. The van der Waals surface area contributed by atoms with Crippen molar-refractivity contribution in [2.75, 3.05) is 18.0 Å². The van der Waals surface area contributed by atoms with Crippen molar-refractivity contribution < 1.29 is 17.7 Å². The number of non-ortho nitro benzene ring substituents is 1. The van der Waals surface area contributed by atoms with E-state index in [0.717, 1.165) is 17.8 Å². The second-order valence-electron chi connectivity index (χ2n) is 6.69. The molecule has 0 amide bonds. The molecule has 0 spiro atoms. The van der Waals surface area contributed by atoms with E-state index in [0.29, 0.717) is 36.5 Å². The summed E-state index contributed by atoms with van der Waals surface area (Å²) in [5.74, 6) is -0.498. The SMILES string of the molecule is Cc1cc([N+](=O)[O-])cc(Cl)c1N1CCC(NS(=O)(=O)c2ccc(F)cc2)CC1. The van der Waals surface area contributed by atoms with Crippen LogP contribution in [0, 0.1) is 22.9 Å². The van der Waals surface area contributed by atoms with E-state index >= 15 is 0 Å². The third kappa shape index (κ3) is 4.43. The van der Waals surface area contributed by atoms with Crippen molar-refractivity contribution in [3.8, 4) is 0 Å². The van der Waals surface area contributed by atoms with Gasteiger partial charge in [0.25, 0.3) is 5.69 Å². The number of hydrogen-bond acceptors (Lipinski definition) is 5. The van der Waals surface area contributed by atoms with Gasteiger partial charge < -0.3 is 4.90 Å². The van der Waals surface area contributed by atoms with Crippen molar-refractivity contribution in [3.63, 3.8) is 0 Å². The molecule has 1 fully saturated rings. The number of nitrogens with zero attached hydrogens (tertiary/aromatic N) is 2. The van der Waals surface area contributed by atoms with Crippen LogP contribution in [0.15, 0.2) is 41.3 Å². The smallest absolute Gasteiger partial charge is 0.271 e. The minimum absolute atomic E-state index is 0.0191. The molecule has 150 valence electrons. The molecule has 2 aromatic carbocycles. The van der Waals surface area contributed by atoms with Crippen LogP contribution >= 0.6 is 11.6 Å². The average molecular weight is 428 g/mol. The third-order valence-electron chi connectivity index (χ3n) is 4.71. The molecule has 1 aliphatic heterocycles. The summed E-state index contributed by atoms with van der Waals surface area (Å²) in [6.07, 6.45) is 1.10. The first kappa shape index (κ1) is 20.5. The molecule has 1 saturated heterocycles. The Morgan fingerprint density at radius 1 is 1.21 bits per heavy atom.